The molecule has 0 bridgehead atoms. The van der Waals surface area contributed by atoms with Gasteiger partial charge in [0.1, 0.15) is 0 Å². The van der Waals surface area contributed by atoms with Crippen molar-refractivity contribution in [3.05, 3.63) is 35.9 Å². The lowest BCUT2D eigenvalue weighted by Gasteiger charge is -2.43. The van der Waals surface area contributed by atoms with Gasteiger partial charge in [0.2, 0.25) is 5.72 Å². The summed E-state index contributed by atoms with van der Waals surface area (Å²) in [6.07, 6.45) is 0. The van der Waals surface area contributed by atoms with E-state index in [1.165, 1.54) is 0 Å². The SMILES string of the molecule is CC(C(C)(C)C)C(NCC(=O)c1ccccc1)(O[SiH](C)C)C(=O)O. The standard InChI is InChI=1S/C18H29NO4Si/c1-13(17(2,3)4)18(16(21)22,23-24(5)6)19-12-15(20)14-10-8-7-9-11-14/h7-11,13,19,24H,12H2,1-6H3,(H,21,22). The van der Waals surface area contributed by atoms with Crippen molar-refractivity contribution >= 4 is 20.8 Å². The van der Waals surface area contributed by atoms with Gasteiger partial charge in [-0.3, -0.25) is 10.1 Å². The molecule has 0 saturated carbocycles. The minimum Gasteiger partial charge on any atom is -0.478 e. The molecule has 134 valence electrons. The monoisotopic (exact) mass is 351 g/mol. The Kier molecular flexibility index (Phi) is 6.89. The average molecular weight is 352 g/mol. The van der Waals surface area contributed by atoms with Crippen LogP contribution in [0.2, 0.25) is 13.1 Å². The van der Waals surface area contributed by atoms with Gasteiger partial charge in [0.15, 0.2) is 14.8 Å². The molecule has 0 aromatic heterocycles. The summed E-state index contributed by atoms with van der Waals surface area (Å²) < 4.78 is 5.95. The van der Waals surface area contributed by atoms with Crippen LogP contribution in [0.1, 0.15) is 38.1 Å². The summed E-state index contributed by atoms with van der Waals surface area (Å²) >= 11 is 0. The van der Waals surface area contributed by atoms with Gasteiger partial charge in [0.25, 0.3) is 0 Å². The van der Waals surface area contributed by atoms with E-state index in [2.05, 4.69) is 5.32 Å². The summed E-state index contributed by atoms with van der Waals surface area (Å²) in [5, 5.41) is 12.8. The molecule has 0 amide bonds. The lowest BCUT2D eigenvalue weighted by Crippen LogP contribution is -2.63. The van der Waals surface area contributed by atoms with Crippen LogP contribution in [-0.2, 0) is 9.22 Å². The second-order valence-electron chi connectivity index (χ2n) is 7.44. The first-order valence-electron chi connectivity index (χ1n) is 8.25. The average Bonchev–Trinajstić information content (AvgIpc) is 2.49. The number of nitrogens with one attached hydrogen (secondary N) is 1. The van der Waals surface area contributed by atoms with Crippen molar-refractivity contribution in [2.24, 2.45) is 11.3 Å². The van der Waals surface area contributed by atoms with E-state index in [1.54, 1.807) is 24.3 Å². The Hall–Kier alpha value is -1.50. The number of hydrogen-bond acceptors (Lipinski definition) is 4. The lowest BCUT2D eigenvalue weighted by molar-refractivity contribution is -0.170. The third kappa shape index (κ3) is 4.99. The highest BCUT2D eigenvalue weighted by Gasteiger charge is 2.50. The van der Waals surface area contributed by atoms with E-state index in [0.717, 1.165) is 0 Å². The number of hydrogen-bond donors (Lipinski definition) is 2. The van der Waals surface area contributed by atoms with E-state index >= 15 is 0 Å². The van der Waals surface area contributed by atoms with Crippen LogP contribution in [0.4, 0.5) is 0 Å². The van der Waals surface area contributed by atoms with Crippen molar-refractivity contribution in [1.29, 1.82) is 0 Å². The van der Waals surface area contributed by atoms with Crippen LogP contribution in [0.25, 0.3) is 0 Å². The maximum Gasteiger partial charge on any atom is 0.350 e. The van der Waals surface area contributed by atoms with E-state index in [9.17, 15) is 14.7 Å². The zero-order valence-corrected chi connectivity index (χ0v) is 16.6. The molecule has 2 N–H and O–H groups in total. The van der Waals surface area contributed by atoms with E-state index in [0.29, 0.717) is 5.56 Å². The van der Waals surface area contributed by atoms with Gasteiger partial charge in [0.05, 0.1) is 6.54 Å². The number of aliphatic carboxylic acids is 1. The van der Waals surface area contributed by atoms with Crippen molar-refractivity contribution in [3.63, 3.8) is 0 Å². The summed E-state index contributed by atoms with van der Waals surface area (Å²) in [5.41, 5.74) is -1.32. The molecule has 0 aliphatic rings. The maximum absolute atomic E-state index is 12.4. The number of carboxylic acids is 1. The Morgan fingerprint density at radius 2 is 1.75 bits per heavy atom. The molecule has 5 nitrogen and oxygen atoms in total. The van der Waals surface area contributed by atoms with Crippen LogP contribution in [0.15, 0.2) is 30.3 Å². The molecule has 0 spiro atoms. The number of carbonyl (C=O) groups excluding carboxylic acids is 1. The minimum absolute atomic E-state index is 0.0855. The largest absolute Gasteiger partial charge is 0.478 e. The van der Waals surface area contributed by atoms with Crippen molar-refractivity contribution in [1.82, 2.24) is 5.32 Å². The summed E-state index contributed by atoms with van der Waals surface area (Å²) in [6.45, 7) is 11.5. The van der Waals surface area contributed by atoms with Gasteiger partial charge in [-0.05, 0) is 18.5 Å². The van der Waals surface area contributed by atoms with Crippen LogP contribution in [0.5, 0.6) is 0 Å². The molecule has 1 rings (SSSR count). The fourth-order valence-corrected chi connectivity index (χ4v) is 3.66. The molecule has 0 saturated heterocycles. The molecule has 0 aliphatic heterocycles. The fourth-order valence-electron chi connectivity index (χ4n) is 2.53. The Bertz CT molecular complexity index is 568. The van der Waals surface area contributed by atoms with Gasteiger partial charge in [-0.1, -0.05) is 58.0 Å². The Labute approximate surface area is 146 Å². The van der Waals surface area contributed by atoms with E-state index in [1.807, 2.05) is 46.9 Å². The third-order valence-electron chi connectivity index (χ3n) is 4.26. The number of benzene rings is 1. The first-order valence-corrected chi connectivity index (χ1v) is 11.0. The predicted octanol–water partition coefficient (Wildman–Crippen LogP) is 2.92. The molecule has 0 heterocycles. The smallest absolute Gasteiger partial charge is 0.350 e. The maximum atomic E-state index is 12.4. The van der Waals surface area contributed by atoms with Crippen molar-refractivity contribution < 1.29 is 19.1 Å². The highest BCUT2D eigenvalue weighted by atomic mass is 28.3. The number of rotatable bonds is 8. The molecule has 0 fully saturated rings. The normalized spacial score (nSPS) is 15.8. The summed E-state index contributed by atoms with van der Waals surface area (Å²) in [7, 11) is -1.67. The first kappa shape index (κ1) is 20.5. The number of carbonyl (C=O) groups is 2. The van der Waals surface area contributed by atoms with Crippen LogP contribution in [0, 0.1) is 11.3 Å². The number of ketones is 1. The highest BCUT2D eigenvalue weighted by molar-refractivity contribution is 6.48. The Morgan fingerprint density at radius 1 is 1.21 bits per heavy atom. The van der Waals surface area contributed by atoms with Crippen LogP contribution in [-0.4, -0.2) is 38.2 Å². The van der Waals surface area contributed by atoms with E-state index in [4.69, 9.17) is 4.43 Å². The Balaban J connectivity index is 3.09. The zero-order valence-electron chi connectivity index (χ0n) is 15.4. The van der Waals surface area contributed by atoms with Gasteiger partial charge >= 0.3 is 5.97 Å². The minimum atomic E-state index is -1.67. The molecule has 6 heteroatoms. The van der Waals surface area contributed by atoms with Gasteiger partial charge in [-0.15, -0.1) is 0 Å². The molecule has 0 aliphatic carbocycles. The number of Topliss-reactive ketones (excluding diaryl/α,β-unsaturated/α-hetero) is 1. The molecule has 24 heavy (non-hydrogen) atoms. The summed E-state index contributed by atoms with van der Waals surface area (Å²) in [4.78, 5) is 24.5. The van der Waals surface area contributed by atoms with Gasteiger partial charge in [0, 0.05) is 11.5 Å². The first-order chi connectivity index (χ1) is 11.0. The topological polar surface area (TPSA) is 75.6 Å². The van der Waals surface area contributed by atoms with Crippen molar-refractivity contribution in [3.8, 4) is 0 Å². The molecule has 2 atom stereocenters. The van der Waals surface area contributed by atoms with Crippen molar-refractivity contribution in [2.75, 3.05) is 6.54 Å². The van der Waals surface area contributed by atoms with Gasteiger partial charge in [-0.25, -0.2) is 4.79 Å². The van der Waals surface area contributed by atoms with Crippen LogP contribution < -0.4 is 5.32 Å². The van der Waals surface area contributed by atoms with Crippen LogP contribution >= 0.6 is 0 Å². The molecule has 1 aromatic rings. The van der Waals surface area contributed by atoms with Crippen LogP contribution in [0.3, 0.4) is 0 Å². The molecule has 2 unspecified atom stereocenters. The quantitative estimate of drug-likeness (QED) is 0.428. The van der Waals surface area contributed by atoms with Crippen molar-refractivity contribution in [2.45, 2.75) is 46.5 Å². The third-order valence-corrected chi connectivity index (χ3v) is 5.10. The fraction of sp³-hybridized carbons (Fsp3) is 0.556. The van der Waals surface area contributed by atoms with E-state index < -0.39 is 20.7 Å². The van der Waals surface area contributed by atoms with Gasteiger partial charge < -0.3 is 9.53 Å². The highest BCUT2D eigenvalue weighted by Crippen LogP contribution is 2.36. The molecular weight excluding hydrogens is 322 g/mol. The second-order valence-corrected chi connectivity index (χ2v) is 9.77. The lowest BCUT2D eigenvalue weighted by atomic mass is 9.75. The summed E-state index contributed by atoms with van der Waals surface area (Å²) in [6, 6.07) is 8.84. The zero-order chi connectivity index (χ0) is 18.5. The second kappa shape index (κ2) is 8.05. The predicted molar refractivity (Wildman–Crippen MR) is 97.7 cm³/mol. The molecule has 1 aromatic carbocycles. The molecule has 0 radical (unpaired) electrons. The van der Waals surface area contributed by atoms with Gasteiger partial charge in [-0.2, -0.15) is 0 Å². The van der Waals surface area contributed by atoms with E-state index in [-0.39, 0.29) is 23.7 Å². The Morgan fingerprint density at radius 3 is 2.17 bits per heavy atom. The summed E-state index contributed by atoms with van der Waals surface area (Å²) in [5.74, 6) is -1.57. The number of carboxylic acid groups (broad SMARTS) is 1. The molecular formula is C18H29NO4Si.